The van der Waals surface area contributed by atoms with Gasteiger partial charge in [-0.3, -0.25) is 14.3 Å². The number of carbonyl (C=O) groups excluding carboxylic acids is 1. The molecule has 10 heteroatoms. The Kier molecular flexibility index (Phi) is 4.75. The minimum Gasteiger partial charge on any atom is -0.377 e. The van der Waals surface area contributed by atoms with Crippen LogP contribution in [-0.4, -0.2) is 73.4 Å². The molecule has 27 heavy (non-hydrogen) atoms. The monoisotopic (exact) mass is 374 g/mol. The molecule has 2 atom stereocenters. The van der Waals surface area contributed by atoms with Crippen LogP contribution in [-0.2, 0) is 23.1 Å². The summed E-state index contributed by atoms with van der Waals surface area (Å²) in [5.74, 6) is -0.0578. The molecular weight excluding hydrogens is 352 g/mol. The van der Waals surface area contributed by atoms with Gasteiger partial charge in [-0.05, 0) is 18.9 Å². The number of aryl methyl sites for hydroxylation is 1. The van der Waals surface area contributed by atoms with Crippen LogP contribution in [0, 0.1) is 0 Å². The van der Waals surface area contributed by atoms with Gasteiger partial charge in [-0.2, -0.15) is 5.10 Å². The molecule has 2 aliphatic rings. The third-order valence-electron chi connectivity index (χ3n) is 4.93. The lowest BCUT2D eigenvalue weighted by Crippen LogP contribution is -2.47. The van der Waals surface area contributed by atoms with Gasteiger partial charge in [-0.25, -0.2) is 9.67 Å². The lowest BCUT2D eigenvalue weighted by molar-refractivity contribution is -0.0884. The largest absolute Gasteiger partial charge is 0.377 e. The van der Waals surface area contributed by atoms with Crippen LogP contribution in [0.4, 0.5) is 0 Å². The Morgan fingerprint density at radius 3 is 3.11 bits per heavy atom. The summed E-state index contributed by atoms with van der Waals surface area (Å²) in [5, 5.41) is 8.19. The zero-order valence-electron chi connectivity index (χ0n) is 15.2. The van der Waals surface area contributed by atoms with Crippen molar-refractivity contribution < 1.29 is 14.3 Å². The quantitative estimate of drug-likeness (QED) is 0.711. The molecule has 0 saturated carbocycles. The first kappa shape index (κ1) is 17.8. The van der Waals surface area contributed by atoms with Crippen molar-refractivity contribution in [3.05, 3.63) is 40.8 Å². The van der Waals surface area contributed by atoms with Crippen LogP contribution in [0.25, 0.3) is 0 Å². The molecule has 10 nitrogen and oxygen atoms in total. The van der Waals surface area contributed by atoms with Crippen LogP contribution < -0.4 is 5.56 Å². The van der Waals surface area contributed by atoms with Crippen molar-refractivity contribution in [2.45, 2.75) is 31.1 Å². The normalized spacial score (nSPS) is 25.7. The second-order valence-corrected chi connectivity index (χ2v) is 7.03. The zero-order chi connectivity index (χ0) is 18.9. The summed E-state index contributed by atoms with van der Waals surface area (Å²) in [6, 6.07) is 3.09. The van der Waals surface area contributed by atoms with Gasteiger partial charge in [0.15, 0.2) is 0 Å². The van der Waals surface area contributed by atoms with E-state index < -0.39 is 5.60 Å². The van der Waals surface area contributed by atoms with Gasteiger partial charge < -0.3 is 14.4 Å². The summed E-state index contributed by atoms with van der Waals surface area (Å²) in [4.78, 5) is 30.4. The molecule has 0 aliphatic carbocycles. The van der Waals surface area contributed by atoms with Crippen LogP contribution in [0.2, 0.25) is 0 Å². The van der Waals surface area contributed by atoms with Gasteiger partial charge in [0.05, 0.1) is 32.4 Å². The van der Waals surface area contributed by atoms with Crippen molar-refractivity contribution in [1.82, 2.24) is 29.4 Å². The zero-order valence-corrected chi connectivity index (χ0v) is 15.2. The summed E-state index contributed by atoms with van der Waals surface area (Å²) in [6.07, 6.45) is 4.46. The van der Waals surface area contributed by atoms with E-state index in [1.807, 2.05) is 0 Å². The van der Waals surface area contributed by atoms with Crippen molar-refractivity contribution >= 4 is 5.91 Å². The van der Waals surface area contributed by atoms with Crippen LogP contribution in [0.3, 0.4) is 0 Å². The van der Waals surface area contributed by atoms with Crippen LogP contribution in [0.1, 0.15) is 23.5 Å². The molecular formula is C17H22N6O4. The third kappa shape index (κ3) is 3.76. The Hall–Kier alpha value is -2.59. The maximum atomic E-state index is 12.7. The fourth-order valence-electron chi connectivity index (χ4n) is 3.62. The molecule has 0 radical (unpaired) electrons. The van der Waals surface area contributed by atoms with Crippen LogP contribution in [0.5, 0.6) is 0 Å². The minimum absolute atomic E-state index is 0.149. The summed E-state index contributed by atoms with van der Waals surface area (Å²) in [7, 11) is 1.72. The van der Waals surface area contributed by atoms with Crippen LogP contribution in [0.15, 0.2) is 29.5 Å². The second-order valence-electron chi connectivity index (χ2n) is 7.03. The van der Waals surface area contributed by atoms with E-state index in [-0.39, 0.29) is 23.4 Å². The van der Waals surface area contributed by atoms with E-state index in [0.29, 0.717) is 32.8 Å². The molecule has 144 valence electrons. The number of rotatable bonds is 3. The van der Waals surface area contributed by atoms with Crippen molar-refractivity contribution in [1.29, 1.82) is 0 Å². The highest BCUT2D eigenvalue weighted by Gasteiger charge is 2.44. The topological polar surface area (TPSA) is 104 Å². The molecule has 1 amide bonds. The van der Waals surface area contributed by atoms with Gasteiger partial charge in [0.2, 0.25) is 5.82 Å². The number of nitrogens with zero attached hydrogens (tertiary/aromatic N) is 6. The molecule has 1 spiro atoms. The van der Waals surface area contributed by atoms with Gasteiger partial charge in [0, 0.05) is 25.9 Å². The molecule has 2 aromatic heterocycles. The molecule has 0 aromatic carbocycles. The standard InChI is InChI=1S/C17H22N6O4/c1-21-12-18-15(20-21)16(25)22-7-8-26-11-17(10-22)5-4-13(27-17)9-23-14(24)3-2-6-19-23/h2-3,6,12-13H,4-5,7-11H2,1H3/t13?,17-/m0/s1. The molecule has 4 heterocycles. The van der Waals surface area contributed by atoms with E-state index >= 15 is 0 Å². The first-order chi connectivity index (χ1) is 13.0. The molecule has 2 aromatic rings. The molecule has 2 fully saturated rings. The Morgan fingerprint density at radius 2 is 2.33 bits per heavy atom. The minimum atomic E-state index is -0.579. The fraction of sp³-hybridized carbons (Fsp3) is 0.588. The van der Waals surface area contributed by atoms with Gasteiger partial charge in [0.25, 0.3) is 11.5 Å². The average Bonchev–Trinajstić information content (AvgIpc) is 3.19. The second kappa shape index (κ2) is 7.20. The van der Waals surface area contributed by atoms with E-state index in [0.717, 1.165) is 12.8 Å². The van der Waals surface area contributed by atoms with Gasteiger partial charge in [-0.1, -0.05) is 0 Å². The summed E-state index contributed by atoms with van der Waals surface area (Å²) >= 11 is 0. The number of hydrogen-bond acceptors (Lipinski definition) is 7. The fourth-order valence-corrected chi connectivity index (χ4v) is 3.62. The number of ether oxygens (including phenoxy) is 2. The third-order valence-corrected chi connectivity index (χ3v) is 4.93. The number of amides is 1. The van der Waals surface area contributed by atoms with E-state index in [1.165, 1.54) is 21.8 Å². The van der Waals surface area contributed by atoms with Crippen molar-refractivity contribution in [3.8, 4) is 0 Å². The predicted molar refractivity (Wildman–Crippen MR) is 93.1 cm³/mol. The maximum absolute atomic E-state index is 12.7. The first-order valence-corrected chi connectivity index (χ1v) is 8.97. The number of carbonyl (C=O) groups is 1. The van der Waals surface area contributed by atoms with E-state index in [1.54, 1.807) is 24.2 Å². The lowest BCUT2D eigenvalue weighted by Gasteiger charge is -2.31. The molecule has 0 N–H and O–H groups in total. The summed E-state index contributed by atoms with van der Waals surface area (Å²) < 4.78 is 14.9. The Labute approximate surface area is 155 Å². The summed E-state index contributed by atoms with van der Waals surface area (Å²) in [6.45, 7) is 2.12. The smallest absolute Gasteiger partial charge is 0.293 e. The average molecular weight is 374 g/mol. The van der Waals surface area contributed by atoms with E-state index in [4.69, 9.17) is 9.47 Å². The molecule has 0 bridgehead atoms. The van der Waals surface area contributed by atoms with E-state index in [2.05, 4.69) is 15.2 Å². The molecule has 4 rings (SSSR count). The highest BCUT2D eigenvalue weighted by molar-refractivity contribution is 5.90. The lowest BCUT2D eigenvalue weighted by atomic mass is 10.00. The van der Waals surface area contributed by atoms with Crippen molar-refractivity contribution in [2.24, 2.45) is 7.05 Å². The maximum Gasteiger partial charge on any atom is 0.293 e. The van der Waals surface area contributed by atoms with Gasteiger partial charge >= 0.3 is 0 Å². The van der Waals surface area contributed by atoms with Gasteiger partial charge in [-0.15, -0.1) is 5.10 Å². The summed E-state index contributed by atoms with van der Waals surface area (Å²) in [5.41, 5.74) is -0.735. The van der Waals surface area contributed by atoms with Crippen LogP contribution >= 0.6 is 0 Å². The molecule has 1 unspecified atom stereocenters. The number of aromatic nitrogens is 5. The highest BCUT2D eigenvalue weighted by Crippen LogP contribution is 2.33. The highest BCUT2D eigenvalue weighted by atomic mass is 16.6. The number of hydrogen-bond donors (Lipinski definition) is 0. The Balaban J connectivity index is 1.46. The van der Waals surface area contributed by atoms with E-state index in [9.17, 15) is 9.59 Å². The van der Waals surface area contributed by atoms with Crippen molar-refractivity contribution in [2.75, 3.05) is 26.3 Å². The van der Waals surface area contributed by atoms with Gasteiger partial charge in [0.1, 0.15) is 11.9 Å². The SMILES string of the molecule is Cn1cnc(C(=O)N2CCOC[C@]3(CCC(Cn4ncccc4=O)O3)C2)n1. The first-order valence-electron chi connectivity index (χ1n) is 8.97. The predicted octanol–water partition coefficient (Wildman–Crippen LogP) is -0.538. The Bertz CT molecular complexity index is 880. The molecule has 2 saturated heterocycles. The Morgan fingerprint density at radius 1 is 1.44 bits per heavy atom. The molecule has 2 aliphatic heterocycles. The van der Waals surface area contributed by atoms with Crippen molar-refractivity contribution in [3.63, 3.8) is 0 Å².